The number of likely N-dealkylation sites (N-methyl/N-ethyl adjacent to an activating group) is 1. The van der Waals surface area contributed by atoms with E-state index < -0.39 is 0 Å². The highest BCUT2D eigenvalue weighted by Crippen LogP contribution is 2.21. The molecule has 0 amide bonds. The number of thioether (sulfide) groups is 1. The Bertz CT molecular complexity index is 866. The van der Waals surface area contributed by atoms with Crippen molar-refractivity contribution in [3.63, 3.8) is 0 Å². The number of aryl methyl sites for hydroxylation is 1. The zero-order valence-electron chi connectivity index (χ0n) is 14.9. The molecule has 1 N–H and O–H groups in total. The molecule has 7 nitrogen and oxygen atoms in total. The number of halogens is 1. The normalized spacial score (nSPS) is 18.2. The van der Waals surface area contributed by atoms with E-state index in [1.165, 1.54) is 5.56 Å². The number of nitrogens with zero attached hydrogens (tertiary/aromatic N) is 5. The lowest BCUT2D eigenvalue weighted by molar-refractivity contribution is 0.190. The van der Waals surface area contributed by atoms with Crippen LogP contribution in [-0.4, -0.2) is 51.1 Å². The van der Waals surface area contributed by atoms with Crippen molar-refractivity contribution in [1.29, 1.82) is 0 Å². The summed E-state index contributed by atoms with van der Waals surface area (Å²) in [6.45, 7) is 4.95. The molecule has 0 radical (unpaired) electrons. The summed E-state index contributed by atoms with van der Waals surface area (Å²) in [6.07, 6.45) is 4.17. The van der Waals surface area contributed by atoms with Gasteiger partial charge in [-0.15, -0.1) is 24.2 Å². The van der Waals surface area contributed by atoms with Crippen LogP contribution in [0.4, 0.5) is 0 Å². The summed E-state index contributed by atoms with van der Waals surface area (Å²) >= 11 is 1.74. The van der Waals surface area contributed by atoms with Crippen molar-refractivity contribution in [3.8, 4) is 0 Å². The van der Waals surface area contributed by atoms with E-state index in [4.69, 9.17) is 4.52 Å². The number of nitrogens with one attached hydrogen (secondary N) is 1. The molecule has 3 aromatic rings. The average molecular weight is 395 g/mol. The van der Waals surface area contributed by atoms with Crippen LogP contribution in [0.5, 0.6) is 0 Å². The van der Waals surface area contributed by atoms with Crippen LogP contribution in [-0.2, 0) is 11.5 Å². The number of hydrogen-bond donors (Lipinski definition) is 1. The van der Waals surface area contributed by atoms with Crippen molar-refractivity contribution in [2.45, 2.75) is 24.5 Å². The summed E-state index contributed by atoms with van der Waals surface area (Å²) in [5, 5.41) is 7.53. The molecule has 26 heavy (non-hydrogen) atoms. The molecule has 4 rings (SSSR count). The van der Waals surface area contributed by atoms with Crippen molar-refractivity contribution in [3.05, 3.63) is 47.5 Å². The summed E-state index contributed by atoms with van der Waals surface area (Å²) in [7, 11) is 2.10. The molecule has 3 aromatic heterocycles. The number of rotatable bonds is 5. The summed E-state index contributed by atoms with van der Waals surface area (Å²) < 4.78 is 7.49. The Labute approximate surface area is 163 Å². The van der Waals surface area contributed by atoms with Crippen molar-refractivity contribution in [2.24, 2.45) is 0 Å². The SMILES string of the molecule is Cc1ccc2nc(CSCc3nc(C4CNCCN4C)no3)cn2c1.Cl. The van der Waals surface area contributed by atoms with E-state index in [-0.39, 0.29) is 18.4 Å². The zero-order valence-corrected chi connectivity index (χ0v) is 16.5. The molecule has 0 aliphatic carbocycles. The van der Waals surface area contributed by atoms with Gasteiger partial charge in [0.15, 0.2) is 5.82 Å². The van der Waals surface area contributed by atoms with E-state index in [1.807, 2.05) is 6.07 Å². The van der Waals surface area contributed by atoms with Gasteiger partial charge in [0.1, 0.15) is 5.65 Å². The van der Waals surface area contributed by atoms with Crippen LogP contribution in [0, 0.1) is 6.92 Å². The third-order valence-corrected chi connectivity index (χ3v) is 5.37. The van der Waals surface area contributed by atoms with E-state index in [9.17, 15) is 0 Å². The van der Waals surface area contributed by atoms with Crippen LogP contribution in [0.1, 0.15) is 29.0 Å². The largest absolute Gasteiger partial charge is 0.338 e. The summed E-state index contributed by atoms with van der Waals surface area (Å²) in [6, 6.07) is 4.32. The highest BCUT2D eigenvalue weighted by Gasteiger charge is 2.25. The first-order chi connectivity index (χ1) is 12.2. The van der Waals surface area contributed by atoms with Gasteiger partial charge >= 0.3 is 0 Å². The van der Waals surface area contributed by atoms with Gasteiger partial charge in [-0.05, 0) is 25.6 Å². The summed E-state index contributed by atoms with van der Waals surface area (Å²) in [5.74, 6) is 2.97. The predicted octanol–water partition coefficient (Wildman–Crippen LogP) is 2.46. The molecule has 0 saturated carbocycles. The maximum atomic E-state index is 5.42. The molecule has 1 saturated heterocycles. The molecule has 0 aromatic carbocycles. The minimum atomic E-state index is 0. The van der Waals surface area contributed by atoms with E-state index >= 15 is 0 Å². The molecule has 1 aliphatic heterocycles. The highest BCUT2D eigenvalue weighted by atomic mass is 35.5. The first kappa shape index (κ1) is 19.2. The van der Waals surface area contributed by atoms with E-state index in [1.54, 1.807) is 11.8 Å². The molecule has 1 atom stereocenters. The average Bonchev–Trinajstić information content (AvgIpc) is 3.21. The van der Waals surface area contributed by atoms with Gasteiger partial charge in [0.25, 0.3) is 0 Å². The second-order valence-electron chi connectivity index (χ2n) is 6.44. The Kier molecular flexibility index (Phi) is 6.18. The molecule has 4 heterocycles. The molecule has 1 aliphatic rings. The Morgan fingerprint density at radius 1 is 1.27 bits per heavy atom. The van der Waals surface area contributed by atoms with Gasteiger partial charge in [-0.3, -0.25) is 4.90 Å². The van der Waals surface area contributed by atoms with Crippen molar-refractivity contribution < 1.29 is 4.52 Å². The molecule has 140 valence electrons. The fraction of sp³-hybridized carbons (Fsp3) is 0.471. The zero-order chi connectivity index (χ0) is 17.2. The van der Waals surface area contributed by atoms with Crippen molar-refractivity contribution >= 4 is 29.8 Å². The van der Waals surface area contributed by atoms with Gasteiger partial charge in [-0.1, -0.05) is 11.2 Å². The predicted molar refractivity (Wildman–Crippen MR) is 105 cm³/mol. The Morgan fingerprint density at radius 3 is 3.00 bits per heavy atom. The fourth-order valence-electron chi connectivity index (χ4n) is 3.02. The summed E-state index contributed by atoms with van der Waals surface area (Å²) in [5.41, 5.74) is 3.27. The lowest BCUT2D eigenvalue weighted by Crippen LogP contribution is -2.44. The second kappa shape index (κ2) is 8.39. The minimum Gasteiger partial charge on any atom is -0.338 e. The quantitative estimate of drug-likeness (QED) is 0.712. The number of pyridine rings is 1. The Morgan fingerprint density at radius 2 is 2.15 bits per heavy atom. The third-order valence-electron chi connectivity index (χ3n) is 4.42. The number of hydrogen-bond acceptors (Lipinski definition) is 7. The van der Waals surface area contributed by atoms with Gasteiger partial charge in [-0.25, -0.2) is 4.98 Å². The van der Waals surface area contributed by atoms with Gasteiger partial charge in [0, 0.05) is 37.8 Å². The summed E-state index contributed by atoms with van der Waals surface area (Å²) in [4.78, 5) is 11.5. The third kappa shape index (κ3) is 4.20. The Balaban J connectivity index is 0.00000196. The molecule has 1 fully saturated rings. The van der Waals surface area contributed by atoms with Gasteiger partial charge in [0.05, 0.1) is 17.5 Å². The van der Waals surface area contributed by atoms with Gasteiger partial charge in [0.2, 0.25) is 5.89 Å². The Hall–Kier alpha value is -1.61. The maximum Gasteiger partial charge on any atom is 0.236 e. The minimum absolute atomic E-state index is 0. The lowest BCUT2D eigenvalue weighted by Gasteiger charge is -2.30. The van der Waals surface area contributed by atoms with Crippen LogP contribution >= 0.6 is 24.2 Å². The van der Waals surface area contributed by atoms with E-state index in [0.717, 1.165) is 42.6 Å². The van der Waals surface area contributed by atoms with E-state index in [2.05, 4.69) is 62.2 Å². The van der Waals surface area contributed by atoms with Gasteiger partial charge < -0.3 is 14.2 Å². The van der Waals surface area contributed by atoms with Crippen LogP contribution in [0.2, 0.25) is 0 Å². The molecular weight excluding hydrogens is 372 g/mol. The van der Waals surface area contributed by atoms with Crippen LogP contribution in [0.15, 0.2) is 29.0 Å². The lowest BCUT2D eigenvalue weighted by atomic mass is 10.2. The molecular formula is C17H23ClN6OS. The van der Waals surface area contributed by atoms with Crippen molar-refractivity contribution in [1.82, 2.24) is 29.7 Å². The van der Waals surface area contributed by atoms with Crippen molar-refractivity contribution in [2.75, 3.05) is 26.7 Å². The fourth-order valence-corrected chi connectivity index (χ4v) is 3.77. The van der Waals surface area contributed by atoms with Gasteiger partial charge in [-0.2, -0.15) is 4.98 Å². The smallest absolute Gasteiger partial charge is 0.236 e. The highest BCUT2D eigenvalue weighted by molar-refractivity contribution is 7.97. The number of piperazine rings is 1. The first-order valence-electron chi connectivity index (χ1n) is 8.44. The molecule has 0 spiro atoms. The standard InChI is InChI=1S/C17H22N6OS.ClH/c1-12-3-4-15-19-13(9-23(15)8-12)10-25-11-16-20-17(21-24-16)14-7-18-5-6-22(14)2;/h3-4,8-9,14,18H,5-7,10-11H2,1-2H3;1H. The molecule has 9 heteroatoms. The van der Waals surface area contributed by atoms with Crippen LogP contribution in [0.25, 0.3) is 5.65 Å². The monoisotopic (exact) mass is 394 g/mol. The number of fused-ring (bicyclic) bond motifs is 1. The van der Waals surface area contributed by atoms with Crippen LogP contribution in [0.3, 0.4) is 0 Å². The molecule has 0 bridgehead atoms. The number of imidazole rings is 1. The maximum absolute atomic E-state index is 5.42. The topological polar surface area (TPSA) is 71.5 Å². The molecule has 1 unspecified atom stereocenters. The first-order valence-corrected chi connectivity index (χ1v) is 9.60. The number of aromatic nitrogens is 4. The van der Waals surface area contributed by atoms with Crippen LogP contribution < -0.4 is 5.32 Å². The van der Waals surface area contributed by atoms with E-state index in [0.29, 0.717) is 11.6 Å². The second-order valence-corrected chi connectivity index (χ2v) is 7.43.